The largest absolute Gasteiger partial charge is 0.455 e. The molecule has 0 heterocycles. The number of nitrogens with zero attached hydrogens (tertiary/aromatic N) is 4. The summed E-state index contributed by atoms with van der Waals surface area (Å²) in [4.78, 5) is 26.1. The van der Waals surface area contributed by atoms with Crippen LogP contribution in [0.15, 0.2) is 0 Å². The Hall–Kier alpha value is -2.03. The van der Waals surface area contributed by atoms with Crippen molar-refractivity contribution in [2.24, 2.45) is 0 Å². The van der Waals surface area contributed by atoms with E-state index in [1.807, 2.05) is 6.07 Å². The third kappa shape index (κ3) is 5.00. The van der Waals surface area contributed by atoms with E-state index < -0.39 is 17.5 Å². The highest BCUT2D eigenvalue weighted by Crippen LogP contribution is 1.86. The average Bonchev–Trinajstić information content (AvgIpc) is 2.18. The van der Waals surface area contributed by atoms with Gasteiger partial charge in [0.2, 0.25) is 5.78 Å². The van der Waals surface area contributed by atoms with Gasteiger partial charge in [0, 0.05) is 13.5 Å². The first kappa shape index (κ1) is 14.0. The molecule has 0 unspecified atom stereocenters. The molecular formula is C9H12N4O3. The van der Waals surface area contributed by atoms with Gasteiger partial charge in [-0.3, -0.25) is 9.69 Å². The first-order chi connectivity index (χ1) is 7.52. The quantitative estimate of drug-likeness (QED) is 0.147. The number of rotatable bonds is 6. The molecule has 0 aromatic heterocycles. The molecule has 0 N–H and O–H groups in total. The fourth-order valence-electron chi connectivity index (χ4n) is 0.817. The van der Waals surface area contributed by atoms with Crippen molar-refractivity contribution in [3.05, 3.63) is 5.53 Å². The summed E-state index contributed by atoms with van der Waals surface area (Å²) in [5, 5.41) is 8.35. The molecule has 0 atom stereocenters. The maximum atomic E-state index is 11.1. The van der Waals surface area contributed by atoms with E-state index in [1.165, 1.54) is 0 Å². The molecule has 0 bridgehead atoms. The predicted molar refractivity (Wildman–Crippen MR) is 53.4 cm³/mol. The summed E-state index contributed by atoms with van der Waals surface area (Å²) in [5.74, 6) is -1.64. The first-order valence-corrected chi connectivity index (χ1v) is 4.48. The number of likely N-dealkylation sites (N-methyl/N-ethyl adjacent to an activating group) is 1. The van der Waals surface area contributed by atoms with Crippen LogP contribution in [0.4, 0.5) is 0 Å². The van der Waals surface area contributed by atoms with E-state index in [2.05, 4.69) is 9.53 Å². The lowest BCUT2D eigenvalue weighted by atomic mass is 10.3. The van der Waals surface area contributed by atoms with Gasteiger partial charge >= 0.3 is 11.7 Å². The van der Waals surface area contributed by atoms with Crippen molar-refractivity contribution >= 4 is 17.5 Å². The molecule has 0 spiro atoms. The van der Waals surface area contributed by atoms with Crippen LogP contribution >= 0.6 is 0 Å². The number of carbonyl (C=O) groups is 2. The van der Waals surface area contributed by atoms with Gasteiger partial charge in [0.05, 0.1) is 12.6 Å². The molecule has 0 radical (unpaired) electrons. The minimum Gasteiger partial charge on any atom is -0.455 e. The summed E-state index contributed by atoms with van der Waals surface area (Å²) >= 11 is 0. The molecule has 0 saturated heterocycles. The minimum absolute atomic E-state index is 0.0172. The number of ketones is 1. The van der Waals surface area contributed by atoms with Gasteiger partial charge < -0.3 is 10.3 Å². The van der Waals surface area contributed by atoms with E-state index in [1.54, 1.807) is 11.9 Å². The fraction of sp³-hybridized carbons (Fsp3) is 0.556. The molecule has 86 valence electrons. The van der Waals surface area contributed by atoms with Gasteiger partial charge in [0.15, 0.2) is 0 Å². The fourth-order valence-corrected chi connectivity index (χ4v) is 0.817. The van der Waals surface area contributed by atoms with E-state index >= 15 is 0 Å². The third-order valence-electron chi connectivity index (χ3n) is 1.67. The zero-order valence-electron chi connectivity index (χ0n) is 9.13. The van der Waals surface area contributed by atoms with E-state index in [-0.39, 0.29) is 13.2 Å². The zero-order chi connectivity index (χ0) is 12.6. The predicted octanol–water partition coefficient (Wildman–Crippen LogP) is -0.755. The lowest BCUT2D eigenvalue weighted by Gasteiger charge is -2.10. The monoisotopic (exact) mass is 224 g/mol. The summed E-state index contributed by atoms with van der Waals surface area (Å²) in [5.41, 5.74) is 7.74. The lowest BCUT2D eigenvalue weighted by Crippen LogP contribution is -2.29. The normalized spacial score (nSPS) is 9.12. The molecule has 0 aromatic carbocycles. The summed E-state index contributed by atoms with van der Waals surface area (Å²) in [6.45, 7) is 1.68. The molecule has 0 aromatic rings. The summed E-state index contributed by atoms with van der Waals surface area (Å²) in [6.07, 6.45) is 0. The Bertz CT molecular complexity index is 365. The lowest BCUT2D eigenvalue weighted by molar-refractivity contribution is -0.142. The van der Waals surface area contributed by atoms with E-state index in [4.69, 9.17) is 10.8 Å². The molecular weight excluding hydrogens is 212 g/mol. The highest BCUT2D eigenvalue weighted by atomic mass is 16.5. The summed E-state index contributed by atoms with van der Waals surface area (Å²) in [6, 6.07) is 1.93. The first-order valence-electron chi connectivity index (χ1n) is 4.48. The Labute approximate surface area is 92.8 Å². The Kier molecular flexibility index (Phi) is 6.36. The van der Waals surface area contributed by atoms with Gasteiger partial charge in [-0.2, -0.15) is 10.1 Å². The molecule has 0 aliphatic heterocycles. The van der Waals surface area contributed by atoms with Crippen molar-refractivity contribution in [2.45, 2.75) is 6.92 Å². The minimum atomic E-state index is -0.972. The van der Waals surface area contributed by atoms with Gasteiger partial charge in [-0.1, -0.05) is 0 Å². The van der Waals surface area contributed by atoms with Crippen LogP contribution in [-0.4, -0.2) is 53.9 Å². The molecule has 0 aliphatic carbocycles. The molecule has 7 heteroatoms. The zero-order valence-corrected chi connectivity index (χ0v) is 9.13. The van der Waals surface area contributed by atoms with Crippen LogP contribution in [0.5, 0.6) is 0 Å². The number of esters is 1. The molecule has 7 nitrogen and oxygen atoms in total. The van der Waals surface area contributed by atoms with Crippen molar-refractivity contribution in [1.29, 1.82) is 5.26 Å². The summed E-state index contributed by atoms with van der Waals surface area (Å²) < 4.78 is 4.67. The molecule has 0 aliphatic rings. The highest BCUT2D eigenvalue weighted by Gasteiger charge is 2.27. The van der Waals surface area contributed by atoms with Crippen molar-refractivity contribution in [3.63, 3.8) is 0 Å². The van der Waals surface area contributed by atoms with Gasteiger partial charge in [-0.05, 0) is 7.05 Å². The SMILES string of the molecule is CC(=O)C(=[N+]=[N-])C(=O)OCCN(C)CC#N. The standard InChI is InChI=1S/C9H12N4O3/c1-7(14)8(12-11)9(15)16-6-5-13(2)4-3-10/h4-6H2,1-2H3. The van der Waals surface area contributed by atoms with Gasteiger partial charge in [-0.25, -0.2) is 4.79 Å². The van der Waals surface area contributed by atoms with E-state index in [0.717, 1.165) is 6.92 Å². The van der Waals surface area contributed by atoms with Crippen molar-refractivity contribution in [2.75, 3.05) is 26.7 Å². The second-order valence-electron chi connectivity index (χ2n) is 3.04. The molecule has 0 amide bonds. The molecule has 0 fully saturated rings. The van der Waals surface area contributed by atoms with Crippen LogP contribution in [0.1, 0.15) is 6.92 Å². The maximum Gasteiger partial charge on any atom is 0.441 e. The van der Waals surface area contributed by atoms with Crippen molar-refractivity contribution < 1.29 is 19.1 Å². The van der Waals surface area contributed by atoms with Crippen molar-refractivity contribution in [1.82, 2.24) is 4.90 Å². The van der Waals surface area contributed by atoms with Crippen LogP contribution in [0.25, 0.3) is 5.53 Å². The highest BCUT2D eigenvalue weighted by molar-refractivity contribution is 6.61. The Balaban J connectivity index is 4.05. The number of Topliss-reactive ketones (excluding diaryl/α,β-unsaturated/α-hetero) is 1. The summed E-state index contributed by atoms with van der Waals surface area (Å²) in [7, 11) is 1.68. The van der Waals surface area contributed by atoms with E-state index in [9.17, 15) is 9.59 Å². The Morgan fingerprint density at radius 1 is 1.56 bits per heavy atom. The van der Waals surface area contributed by atoms with Crippen molar-refractivity contribution in [3.8, 4) is 6.07 Å². The topological polar surface area (TPSA) is 107 Å². The molecule has 0 saturated carbocycles. The second-order valence-corrected chi connectivity index (χ2v) is 3.04. The Morgan fingerprint density at radius 2 is 2.19 bits per heavy atom. The maximum absolute atomic E-state index is 11.1. The van der Waals surface area contributed by atoms with Gasteiger partial charge in [0.1, 0.15) is 6.61 Å². The number of hydrogen-bond donors (Lipinski definition) is 0. The van der Waals surface area contributed by atoms with Crippen LogP contribution in [0.3, 0.4) is 0 Å². The second kappa shape index (κ2) is 7.29. The van der Waals surface area contributed by atoms with E-state index in [0.29, 0.717) is 6.54 Å². The number of carbonyl (C=O) groups excluding carboxylic acids is 2. The smallest absolute Gasteiger partial charge is 0.441 e. The van der Waals surface area contributed by atoms with Crippen LogP contribution < -0.4 is 0 Å². The molecule has 16 heavy (non-hydrogen) atoms. The van der Waals surface area contributed by atoms with Crippen LogP contribution in [-0.2, 0) is 14.3 Å². The third-order valence-corrected chi connectivity index (χ3v) is 1.67. The van der Waals surface area contributed by atoms with Crippen LogP contribution in [0, 0.1) is 11.3 Å². The van der Waals surface area contributed by atoms with Crippen LogP contribution in [0.2, 0.25) is 0 Å². The number of hydrogen-bond acceptors (Lipinski definition) is 5. The number of nitriles is 1. The van der Waals surface area contributed by atoms with Gasteiger partial charge in [-0.15, -0.1) is 0 Å². The average molecular weight is 224 g/mol. The molecule has 0 rings (SSSR count). The number of ether oxygens (including phenoxy) is 1. The Morgan fingerprint density at radius 3 is 2.62 bits per heavy atom. The van der Waals surface area contributed by atoms with Gasteiger partial charge in [0.25, 0.3) is 0 Å².